The molecular formula is C25H33BrN4O. The standard InChI is InChI=1S/C25H33BrN4O/c1-3-5-6-7-8-22-23(18-29-11-13-31-14-12-29)28-30-21(4-2)9-10-24(30)25(22)19-15-20(26)17-27-16-19/h9-10,15-17H,3-8,11-14,18H2,1-2H3. The Balaban J connectivity index is 1.85. The Hall–Kier alpha value is -1.76. The second kappa shape index (κ2) is 10.7. The predicted molar refractivity (Wildman–Crippen MR) is 129 cm³/mol. The fourth-order valence-corrected chi connectivity index (χ4v) is 4.86. The quantitative estimate of drug-likeness (QED) is 0.366. The largest absolute Gasteiger partial charge is 0.379 e. The van der Waals surface area contributed by atoms with Crippen LogP contribution in [0.25, 0.3) is 16.6 Å². The average Bonchev–Trinajstić information content (AvgIpc) is 3.19. The lowest BCUT2D eigenvalue weighted by Crippen LogP contribution is -2.36. The van der Waals surface area contributed by atoms with Crippen LogP contribution in [0.1, 0.15) is 56.5 Å². The van der Waals surface area contributed by atoms with Crippen molar-refractivity contribution < 1.29 is 4.74 Å². The van der Waals surface area contributed by atoms with Crippen LogP contribution in [0.15, 0.2) is 35.1 Å². The topological polar surface area (TPSA) is 42.7 Å². The molecule has 0 aliphatic carbocycles. The number of aryl methyl sites for hydroxylation is 1. The van der Waals surface area contributed by atoms with Gasteiger partial charge in [0.1, 0.15) is 0 Å². The molecular weight excluding hydrogens is 452 g/mol. The molecule has 0 spiro atoms. The van der Waals surface area contributed by atoms with Crippen LogP contribution in [0.2, 0.25) is 0 Å². The SMILES string of the molecule is CCCCCCc1c(CN2CCOCC2)nn2c(CC)ccc2c1-c1cncc(Br)c1. The fraction of sp³-hybridized carbons (Fsp3) is 0.520. The molecule has 0 aromatic carbocycles. The molecule has 3 aromatic rings. The normalized spacial score (nSPS) is 15.1. The summed E-state index contributed by atoms with van der Waals surface area (Å²) in [6, 6.07) is 6.64. The van der Waals surface area contributed by atoms with Gasteiger partial charge in [-0.05, 0) is 59.0 Å². The molecule has 0 N–H and O–H groups in total. The lowest BCUT2D eigenvalue weighted by Gasteiger charge is -2.28. The molecule has 6 heteroatoms. The number of hydrogen-bond donors (Lipinski definition) is 0. The van der Waals surface area contributed by atoms with Crippen LogP contribution in [-0.4, -0.2) is 45.8 Å². The van der Waals surface area contributed by atoms with E-state index in [1.54, 1.807) is 0 Å². The van der Waals surface area contributed by atoms with E-state index in [1.165, 1.54) is 53.7 Å². The van der Waals surface area contributed by atoms with Crippen molar-refractivity contribution in [3.63, 3.8) is 0 Å². The molecule has 0 bridgehead atoms. The van der Waals surface area contributed by atoms with E-state index in [2.05, 4.69) is 62.4 Å². The van der Waals surface area contributed by atoms with E-state index >= 15 is 0 Å². The molecule has 1 saturated heterocycles. The minimum absolute atomic E-state index is 0.806. The van der Waals surface area contributed by atoms with E-state index in [-0.39, 0.29) is 0 Å². The predicted octanol–water partition coefficient (Wildman–Crippen LogP) is 5.68. The van der Waals surface area contributed by atoms with Gasteiger partial charge in [0.2, 0.25) is 0 Å². The number of halogens is 1. The van der Waals surface area contributed by atoms with Gasteiger partial charge in [0, 0.05) is 53.3 Å². The summed E-state index contributed by atoms with van der Waals surface area (Å²) in [5.41, 5.74) is 7.48. The molecule has 31 heavy (non-hydrogen) atoms. The third-order valence-corrected chi connectivity index (χ3v) is 6.61. The number of pyridine rings is 1. The zero-order valence-electron chi connectivity index (χ0n) is 18.7. The van der Waals surface area contributed by atoms with E-state index in [9.17, 15) is 0 Å². The van der Waals surface area contributed by atoms with E-state index in [1.807, 2.05) is 12.4 Å². The smallest absolute Gasteiger partial charge is 0.0792 e. The van der Waals surface area contributed by atoms with Crippen molar-refractivity contribution in [2.75, 3.05) is 26.3 Å². The lowest BCUT2D eigenvalue weighted by molar-refractivity contribution is 0.0334. The maximum atomic E-state index is 5.58. The van der Waals surface area contributed by atoms with Gasteiger partial charge in [-0.2, -0.15) is 5.10 Å². The van der Waals surface area contributed by atoms with Crippen molar-refractivity contribution in [1.82, 2.24) is 19.5 Å². The van der Waals surface area contributed by atoms with Gasteiger partial charge in [-0.3, -0.25) is 9.88 Å². The number of morpholine rings is 1. The average molecular weight is 485 g/mol. The minimum atomic E-state index is 0.806. The van der Waals surface area contributed by atoms with Crippen molar-refractivity contribution in [2.45, 2.75) is 58.9 Å². The zero-order valence-corrected chi connectivity index (χ0v) is 20.3. The van der Waals surface area contributed by atoms with Crippen LogP contribution < -0.4 is 0 Å². The Morgan fingerprint density at radius 1 is 1.06 bits per heavy atom. The van der Waals surface area contributed by atoms with Crippen molar-refractivity contribution in [3.05, 3.63) is 52.0 Å². The molecule has 1 aliphatic rings. The van der Waals surface area contributed by atoms with Gasteiger partial charge >= 0.3 is 0 Å². The first kappa shape index (κ1) is 22.4. The van der Waals surface area contributed by atoms with Gasteiger partial charge in [-0.15, -0.1) is 0 Å². The van der Waals surface area contributed by atoms with Gasteiger partial charge in [-0.1, -0.05) is 33.1 Å². The van der Waals surface area contributed by atoms with Crippen LogP contribution >= 0.6 is 15.9 Å². The minimum Gasteiger partial charge on any atom is -0.379 e. The molecule has 0 atom stereocenters. The maximum Gasteiger partial charge on any atom is 0.0792 e. The molecule has 3 aromatic heterocycles. The summed E-state index contributed by atoms with van der Waals surface area (Å²) in [6.45, 7) is 8.88. The third kappa shape index (κ3) is 5.18. The third-order valence-electron chi connectivity index (χ3n) is 6.17. The van der Waals surface area contributed by atoms with Crippen LogP contribution in [-0.2, 0) is 24.1 Å². The van der Waals surface area contributed by atoms with Crippen LogP contribution in [0, 0.1) is 0 Å². The monoisotopic (exact) mass is 484 g/mol. The highest BCUT2D eigenvalue weighted by atomic mass is 79.9. The van der Waals surface area contributed by atoms with Gasteiger partial charge in [0.05, 0.1) is 24.4 Å². The summed E-state index contributed by atoms with van der Waals surface area (Å²) < 4.78 is 8.76. The van der Waals surface area contributed by atoms with Crippen LogP contribution in [0.5, 0.6) is 0 Å². The number of ether oxygens (including phenoxy) is 1. The molecule has 4 heterocycles. The summed E-state index contributed by atoms with van der Waals surface area (Å²) in [7, 11) is 0. The number of unbranched alkanes of at least 4 members (excludes halogenated alkanes) is 3. The number of rotatable bonds is 9. The second-order valence-corrected chi connectivity index (χ2v) is 9.28. The number of aromatic nitrogens is 3. The Bertz CT molecular complexity index is 1010. The Kier molecular flexibility index (Phi) is 7.75. The number of fused-ring (bicyclic) bond motifs is 1. The number of hydrogen-bond acceptors (Lipinski definition) is 4. The molecule has 0 amide bonds. The first-order valence-corrected chi connectivity index (χ1v) is 12.4. The molecule has 1 aliphatic heterocycles. The molecule has 0 saturated carbocycles. The second-order valence-electron chi connectivity index (χ2n) is 8.37. The van der Waals surface area contributed by atoms with E-state index in [0.29, 0.717) is 0 Å². The zero-order chi connectivity index (χ0) is 21.6. The highest BCUT2D eigenvalue weighted by Gasteiger charge is 2.21. The Morgan fingerprint density at radius 3 is 2.65 bits per heavy atom. The fourth-order valence-electron chi connectivity index (χ4n) is 4.49. The van der Waals surface area contributed by atoms with Crippen LogP contribution in [0.4, 0.5) is 0 Å². The number of nitrogens with zero attached hydrogens (tertiary/aromatic N) is 4. The molecule has 1 fully saturated rings. The molecule has 0 unspecified atom stereocenters. The van der Waals surface area contributed by atoms with Gasteiger partial charge < -0.3 is 4.74 Å². The van der Waals surface area contributed by atoms with Crippen LogP contribution in [0.3, 0.4) is 0 Å². The van der Waals surface area contributed by atoms with Crippen molar-refractivity contribution in [3.8, 4) is 11.1 Å². The summed E-state index contributed by atoms with van der Waals surface area (Å²) in [5, 5.41) is 5.21. The molecule has 0 radical (unpaired) electrons. The van der Waals surface area contributed by atoms with Crippen molar-refractivity contribution >= 4 is 21.4 Å². The first-order valence-electron chi connectivity index (χ1n) is 11.6. The highest BCUT2D eigenvalue weighted by Crippen LogP contribution is 2.34. The Morgan fingerprint density at radius 2 is 1.90 bits per heavy atom. The summed E-state index contributed by atoms with van der Waals surface area (Å²) in [4.78, 5) is 6.96. The molecule has 4 rings (SSSR count). The van der Waals surface area contributed by atoms with E-state index < -0.39 is 0 Å². The molecule has 5 nitrogen and oxygen atoms in total. The van der Waals surface area contributed by atoms with Gasteiger partial charge in [-0.25, -0.2) is 4.52 Å². The summed E-state index contributed by atoms with van der Waals surface area (Å²) >= 11 is 3.63. The van der Waals surface area contributed by atoms with Crippen molar-refractivity contribution in [2.24, 2.45) is 0 Å². The Labute approximate surface area is 193 Å². The van der Waals surface area contributed by atoms with E-state index in [4.69, 9.17) is 9.84 Å². The van der Waals surface area contributed by atoms with Gasteiger partial charge in [0.15, 0.2) is 0 Å². The first-order chi connectivity index (χ1) is 15.2. The summed E-state index contributed by atoms with van der Waals surface area (Å²) in [6.07, 6.45) is 10.8. The van der Waals surface area contributed by atoms with E-state index in [0.717, 1.165) is 55.7 Å². The lowest BCUT2D eigenvalue weighted by atomic mass is 9.94. The van der Waals surface area contributed by atoms with Gasteiger partial charge in [0.25, 0.3) is 0 Å². The highest BCUT2D eigenvalue weighted by molar-refractivity contribution is 9.10. The molecule has 166 valence electrons. The maximum absolute atomic E-state index is 5.58. The van der Waals surface area contributed by atoms with Crippen molar-refractivity contribution in [1.29, 1.82) is 0 Å². The summed E-state index contributed by atoms with van der Waals surface area (Å²) in [5.74, 6) is 0.